The number of hydrogen-bond acceptors (Lipinski definition) is 2. The quantitative estimate of drug-likeness (QED) is 0.828. The van der Waals surface area contributed by atoms with Crippen molar-refractivity contribution >= 4 is 28.5 Å². The molecule has 3 nitrogen and oxygen atoms in total. The lowest BCUT2D eigenvalue weighted by Crippen LogP contribution is -2.57. The Morgan fingerprint density at radius 2 is 2.21 bits per heavy atom. The Morgan fingerprint density at radius 1 is 1.42 bits per heavy atom. The standard InChI is InChI=1S/C15H21IN2O/c1-3-13-10-18(14(4-2)9-17-13)15(19)11-6-5-7-12(16)8-11/h5-8,13-14,17H,3-4,9-10H2,1-2H3. The molecular formula is C15H21IN2O. The third-order valence-electron chi connectivity index (χ3n) is 3.80. The van der Waals surface area contributed by atoms with Crippen molar-refractivity contribution in [1.29, 1.82) is 0 Å². The Labute approximate surface area is 128 Å². The van der Waals surface area contributed by atoms with Gasteiger partial charge in [0.15, 0.2) is 0 Å². The second kappa shape index (κ2) is 6.70. The summed E-state index contributed by atoms with van der Waals surface area (Å²) in [6.07, 6.45) is 2.06. The van der Waals surface area contributed by atoms with Gasteiger partial charge in [0.1, 0.15) is 0 Å². The molecule has 1 amide bonds. The molecule has 2 unspecified atom stereocenters. The zero-order chi connectivity index (χ0) is 13.8. The van der Waals surface area contributed by atoms with Crippen molar-refractivity contribution in [2.75, 3.05) is 13.1 Å². The van der Waals surface area contributed by atoms with Gasteiger partial charge >= 0.3 is 0 Å². The van der Waals surface area contributed by atoms with Crippen molar-refractivity contribution in [3.8, 4) is 0 Å². The van der Waals surface area contributed by atoms with Gasteiger partial charge in [-0.05, 0) is 53.6 Å². The molecule has 4 heteroatoms. The summed E-state index contributed by atoms with van der Waals surface area (Å²) in [5.41, 5.74) is 0.808. The Morgan fingerprint density at radius 3 is 2.84 bits per heavy atom. The van der Waals surface area contributed by atoms with Gasteiger partial charge in [-0.2, -0.15) is 0 Å². The SMILES string of the molecule is CCC1CN(C(=O)c2cccc(I)c2)C(CC)CN1. The maximum absolute atomic E-state index is 12.7. The molecule has 0 saturated carbocycles. The maximum Gasteiger partial charge on any atom is 0.254 e. The van der Waals surface area contributed by atoms with Gasteiger partial charge < -0.3 is 10.2 Å². The maximum atomic E-state index is 12.7. The van der Waals surface area contributed by atoms with E-state index >= 15 is 0 Å². The molecule has 1 aliphatic heterocycles. The highest BCUT2D eigenvalue weighted by Gasteiger charge is 2.30. The van der Waals surface area contributed by atoms with Crippen LogP contribution in [0.4, 0.5) is 0 Å². The highest BCUT2D eigenvalue weighted by molar-refractivity contribution is 14.1. The van der Waals surface area contributed by atoms with Crippen LogP contribution in [0.2, 0.25) is 0 Å². The van der Waals surface area contributed by atoms with Crippen LogP contribution in [0.1, 0.15) is 37.0 Å². The van der Waals surface area contributed by atoms with Crippen molar-refractivity contribution in [1.82, 2.24) is 10.2 Å². The van der Waals surface area contributed by atoms with E-state index in [0.717, 1.165) is 35.1 Å². The van der Waals surface area contributed by atoms with E-state index in [0.29, 0.717) is 12.1 Å². The molecule has 2 atom stereocenters. The van der Waals surface area contributed by atoms with E-state index in [2.05, 4.69) is 46.7 Å². The summed E-state index contributed by atoms with van der Waals surface area (Å²) in [7, 11) is 0. The lowest BCUT2D eigenvalue weighted by molar-refractivity contribution is 0.0576. The predicted octanol–water partition coefficient (Wildman–Crippen LogP) is 2.89. The van der Waals surface area contributed by atoms with Crippen LogP contribution in [0.25, 0.3) is 0 Å². The zero-order valence-electron chi connectivity index (χ0n) is 11.5. The monoisotopic (exact) mass is 372 g/mol. The van der Waals surface area contributed by atoms with Crippen LogP contribution in [0.15, 0.2) is 24.3 Å². The van der Waals surface area contributed by atoms with Gasteiger partial charge in [0, 0.05) is 34.3 Å². The van der Waals surface area contributed by atoms with Gasteiger partial charge in [-0.1, -0.05) is 19.9 Å². The summed E-state index contributed by atoms with van der Waals surface area (Å²) in [4.78, 5) is 14.7. The Balaban J connectivity index is 2.19. The second-order valence-corrected chi connectivity index (χ2v) is 6.29. The van der Waals surface area contributed by atoms with Crippen molar-refractivity contribution in [2.45, 2.75) is 38.8 Å². The molecule has 0 bridgehead atoms. The number of piperazine rings is 1. The van der Waals surface area contributed by atoms with Crippen LogP contribution in [0.5, 0.6) is 0 Å². The molecule has 1 saturated heterocycles. The van der Waals surface area contributed by atoms with E-state index in [1.165, 1.54) is 0 Å². The number of nitrogens with one attached hydrogen (secondary N) is 1. The Hall–Kier alpha value is -0.620. The van der Waals surface area contributed by atoms with Crippen LogP contribution in [0.3, 0.4) is 0 Å². The van der Waals surface area contributed by atoms with Gasteiger partial charge in [-0.3, -0.25) is 4.79 Å². The van der Waals surface area contributed by atoms with Gasteiger partial charge in [0.05, 0.1) is 0 Å². The van der Waals surface area contributed by atoms with Gasteiger partial charge in [-0.15, -0.1) is 0 Å². The molecular weight excluding hydrogens is 351 g/mol. The summed E-state index contributed by atoms with van der Waals surface area (Å²) in [5.74, 6) is 0.172. The number of halogens is 1. The van der Waals surface area contributed by atoms with E-state index in [-0.39, 0.29) is 5.91 Å². The lowest BCUT2D eigenvalue weighted by Gasteiger charge is -2.40. The first-order valence-corrected chi connectivity index (χ1v) is 8.03. The van der Waals surface area contributed by atoms with Crippen LogP contribution in [-0.2, 0) is 0 Å². The molecule has 1 heterocycles. The third-order valence-corrected chi connectivity index (χ3v) is 4.47. The number of amides is 1. The van der Waals surface area contributed by atoms with Crippen LogP contribution >= 0.6 is 22.6 Å². The fraction of sp³-hybridized carbons (Fsp3) is 0.533. The summed E-state index contributed by atoms with van der Waals surface area (Å²) < 4.78 is 1.11. The molecule has 1 aliphatic rings. The molecule has 0 aromatic heterocycles. The number of nitrogens with zero attached hydrogens (tertiary/aromatic N) is 1. The first-order chi connectivity index (χ1) is 9.15. The van der Waals surface area contributed by atoms with E-state index in [1.807, 2.05) is 24.3 Å². The highest BCUT2D eigenvalue weighted by atomic mass is 127. The van der Waals surface area contributed by atoms with Gasteiger partial charge in [-0.25, -0.2) is 0 Å². The van der Waals surface area contributed by atoms with Gasteiger partial charge in [0.25, 0.3) is 5.91 Å². The number of hydrogen-bond donors (Lipinski definition) is 1. The zero-order valence-corrected chi connectivity index (χ0v) is 13.7. The number of rotatable bonds is 3. The molecule has 104 valence electrons. The predicted molar refractivity (Wildman–Crippen MR) is 86.4 cm³/mol. The van der Waals surface area contributed by atoms with Crippen molar-refractivity contribution in [2.24, 2.45) is 0 Å². The summed E-state index contributed by atoms with van der Waals surface area (Å²) in [5, 5.41) is 3.52. The summed E-state index contributed by atoms with van der Waals surface area (Å²) in [6.45, 7) is 6.04. The van der Waals surface area contributed by atoms with E-state index in [9.17, 15) is 4.79 Å². The average molecular weight is 372 g/mol. The van der Waals surface area contributed by atoms with E-state index in [1.54, 1.807) is 0 Å². The molecule has 0 aliphatic carbocycles. The normalized spacial score (nSPS) is 23.4. The Kier molecular flexibility index (Phi) is 5.21. The molecule has 0 spiro atoms. The van der Waals surface area contributed by atoms with E-state index in [4.69, 9.17) is 0 Å². The summed E-state index contributed by atoms with van der Waals surface area (Å²) >= 11 is 2.25. The number of carbonyl (C=O) groups excluding carboxylic acids is 1. The first kappa shape index (κ1) is 14.8. The summed E-state index contributed by atoms with van der Waals surface area (Å²) in [6, 6.07) is 8.60. The second-order valence-electron chi connectivity index (χ2n) is 5.04. The first-order valence-electron chi connectivity index (χ1n) is 6.95. The topological polar surface area (TPSA) is 32.3 Å². The fourth-order valence-electron chi connectivity index (χ4n) is 2.54. The molecule has 1 N–H and O–H groups in total. The van der Waals surface area contributed by atoms with E-state index < -0.39 is 0 Å². The molecule has 1 aromatic rings. The van der Waals surface area contributed by atoms with Crippen LogP contribution in [0, 0.1) is 3.57 Å². The van der Waals surface area contributed by atoms with Crippen molar-refractivity contribution in [3.63, 3.8) is 0 Å². The molecule has 1 fully saturated rings. The largest absolute Gasteiger partial charge is 0.333 e. The Bertz CT molecular complexity index is 450. The van der Waals surface area contributed by atoms with Crippen LogP contribution in [-0.4, -0.2) is 36.0 Å². The lowest BCUT2D eigenvalue weighted by atomic mass is 10.0. The molecule has 19 heavy (non-hydrogen) atoms. The minimum absolute atomic E-state index is 0.172. The number of carbonyl (C=O) groups is 1. The minimum atomic E-state index is 0.172. The third kappa shape index (κ3) is 3.48. The molecule has 0 radical (unpaired) electrons. The van der Waals surface area contributed by atoms with Gasteiger partial charge in [0.2, 0.25) is 0 Å². The number of benzene rings is 1. The fourth-order valence-corrected chi connectivity index (χ4v) is 3.08. The molecule has 1 aromatic carbocycles. The highest BCUT2D eigenvalue weighted by Crippen LogP contribution is 2.17. The smallest absolute Gasteiger partial charge is 0.254 e. The molecule has 2 rings (SSSR count). The minimum Gasteiger partial charge on any atom is -0.333 e. The van der Waals surface area contributed by atoms with Crippen molar-refractivity contribution < 1.29 is 4.79 Å². The van der Waals surface area contributed by atoms with Crippen molar-refractivity contribution in [3.05, 3.63) is 33.4 Å². The average Bonchev–Trinajstić information content (AvgIpc) is 2.45. The van der Waals surface area contributed by atoms with Crippen LogP contribution < -0.4 is 5.32 Å².